The lowest BCUT2D eigenvalue weighted by Crippen LogP contribution is -2.23. The zero-order valence-corrected chi connectivity index (χ0v) is 6.81. The maximum atomic E-state index is 8.89. The Morgan fingerprint density at radius 1 is 1.60 bits per heavy atom. The summed E-state index contributed by atoms with van der Waals surface area (Å²) in [5.74, 6) is 3.06. The summed E-state index contributed by atoms with van der Waals surface area (Å²) >= 11 is 2.02. The third-order valence-electron chi connectivity index (χ3n) is 2.44. The smallest absolute Gasteiger partial charge is 0.0472 e. The molecular formula is C7H13NOS. The fourth-order valence-corrected chi connectivity index (χ4v) is 3.13. The van der Waals surface area contributed by atoms with Gasteiger partial charge in [-0.1, -0.05) is 0 Å². The average Bonchev–Trinajstić information content (AvgIpc) is 2.42. The molecule has 2 aliphatic rings. The number of thioether (sulfide) groups is 1. The summed E-state index contributed by atoms with van der Waals surface area (Å²) in [4.78, 5) is 2.49. The maximum Gasteiger partial charge on any atom is 0.0472 e. The van der Waals surface area contributed by atoms with Gasteiger partial charge >= 0.3 is 0 Å². The van der Waals surface area contributed by atoms with Gasteiger partial charge in [-0.2, -0.15) is 0 Å². The third-order valence-corrected chi connectivity index (χ3v) is 3.57. The maximum absolute atomic E-state index is 8.89. The molecule has 2 aliphatic heterocycles. The van der Waals surface area contributed by atoms with Gasteiger partial charge in [-0.25, -0.2) is 0 Å². The molecule has 0 radical (unpaired) electrons. The van der Waals surface area contributed by atoms with Crippen molar-refractivity contribution in [1.82, 2.24) is 4.90 Å². The number of nitrogens with zero attached hydrogens (tertiary/aromatic N) is 1. The summed E-state index contributed by atoms with van der Waals surface area (Å²) in [5, 5.41) is 8.89. The molecule has 0 aromatic heterocycles. The Morgan fingerprint density at radius 3 is 3.20 bits per heavy atom. The summed E-state index contributed by atoms with van der Waals surface area (Å²) in [6.45, 7) is 1.52. The summed E-state index contributed by atoms with van der Waals surface area (Å²) in [7, 11) is 0. The number of hydrogen-bond donors (Lipinski definition) is 1. The van der Waals surface area contributed by atoms with Crippen LogP contribution in [0.2, 0.25) is 0 Å². The minimum absolute atomic E-state index is 0.387. The van der Waals surface area contributed by atoms with Crippen LogP contribution in [-0.4, -0.2) is 40.8 Å². The molecule has 0 saturated carbocycles. The Labute approximate surface area is 65.6 Å². The highest BCUT2D eigenvalue weighted by Gasteiger charge is 2.34. The fourth-order valence-electron chi connectivity index (χ4n) is 1.86. The second-order valence-electron chi connectivity index (χ2n) is 3.21. The quantitative estimate of drug-likeness (QED) is 0.598. The van der Waals surface area contributed by atoms with Gasteiger partial charge in [0.15, 0.2) is 0 Å². The molecule has 0 aliphatic carbocycles. The second kappa shape index (κ2) is 2.72. The number of aliphatic hydroxyl groups excluding tert-OH is 1. The van der Waals surface area contributed by atoms with E-state index in [1.54, 1.807) is 0 Å². The van der Waals surface area contributed by atoms with Crippen LogP contribution >= 0.6 is 11.8 Å². The molecule has 2 atom stereocenters. The number of aliphatic hydroxyl groups is 1. The van der Waals surface area contributed by atoms with E-state index in [0.29, 0.717) is 12.5 Å². The van der Waals surface area contributed by atoms with Crippen LogP contribution in [0.4, 0.5) is 0 Å². The van der Waals surface area contributed by atoms with Crippen molar-refractivity contribution in [2.75, 3.05) is 24.8 Å². The number of rotatable bonds is 1. The van der Waals surface area contributed by atoms with Gasteiger partial charge in [0.25, 0.3) is 0 Å². The van der Waals surface area contributed by atoms with Crippen LogP contribution in [0.15, 0.2) is 0 Å². The van der Waals surface area contributed by atoms with E-state index in [0.717, 1.165) is 12.6 Å². The highest BCUT2D eigenvalue weighted by Crippen LogP contribution is 2.32. The third kappa shape index (κ3) is 1.06. The topological polar surface area (TPSA) is 23.5 Å². The molecule has 3 heteroatoms. The van der Waals surface area contributed by atoms with Crippen LogP contribution in [0, 0.1) is 5.92 Å². The van der Waals surface area contributed by atoms with Gasteiger partial charge in [0.05, 0.1) is 0 Å². The molecule has 1 N–H and O–H groups in total. The van der Waals surface area contributed by atoms with E-state index in [4.69, 9.17) is 5.11 Å². The molecule has 0 aromatic rings. The van der Waals surface area contributed by atoms with E-state index >= 15 is 0 Å². The Balaban J connectivity index is 1.94. The summed E-state index contributed by atoms with van der Waals surface area (Å²) in [5.41, 5.74) is 0. The highest BCUT2D eigenvalue weighted by molar-refractivity contribution is 7.99. The van der Waals surface area contributed by atoms with Crippen molar-refractivity contribution in [1.29, 1.82) is 0 Å². The molecule has 10 heavy (non-hydrogen) atoms. The van der Waals surface area contributed by atoms with Gasteiger partial charge in [-0.3, -0.25) is 4.90 Å². The number of hydrogen-bond acceptors (Lipinski definition) is 3. The van der Waals surface area contributed by atoms with Crippen molar-refractivity contribution in [3.8, 4) is 0 Å². The van der Waals surface area contributed by atoms with Crippen LogP contribution < -0.4 is 0 Å². The highest BCUT2D eigenvalue weighted by atomic mass is 32.2. The lowest BCUT2D eigenvalue weighted by Gasteiger charge is -2.11. The van der Waals surface area contributed by atoms with Crippen molar-refractivity contribution in [3.63, 3.8) is 0 Å². The standard InChI is InChI=1S/C7H13NOS/c9-3-6-1-7-4-10-5-8(7)2-6/h6-7,9H,1-5H2/t6-,7+/m1/s1. The van der Waals surface area contributed by atoms with E-state index < -0.39 is 0 Å². The zero-order valence-electron chi connectivity index (χ0n) is 5.99. The normalized spacial score (nSPS) is 40.5. The minimum atomic E-state index is 0.387. The SMILES string of the molecule is OC[C@@H]1C[C@H]2CSCN2C1. The Hall–Kier alpha value is 0.270. The van der Waals surface area contributed by atoms with Gasteiger partial charge in [0.2, 0.25) is 0 Å². The fraction of sp³-hybridized carbons (Fsp3) is 1.00. The molecule has 0 spiro atoms. The molecular weight excluding hydrogens is 146 g/mol. The predicted octanol–water partition coefficient (Wildman–Crippen LogP) is 0.373. The minimum Gasteiger partial charge on any atom is -0.396 e. The van der Waals surface area contributed by atoms with Gasteiger partial charge < -0.3 is 5.11 Å². The molecule has 0 unspecified atom stereocenters. The first-order valence-corrected chi connectivity index (χ1v) is 4.98. The van der Waals surface area contributed by atoms with Crippen LogP contribution in [0.5, 0.6) is 0 Å². The molecule has 2 nitrogen and oxygen atoms in total. The van der Waals surface area contributed by atoms with Gasteiger partial charge in [-0.15, -0.1) is 11.8 Å². The van der Waals surface area contributed by atoms with E-state index in [9.17, 15) is 0 Å². The first-order valence-electron chi connectivity index (χ1n) is 3.83. The second-order valence-corrected chi connectivity index (χ2v) is 4.21. The molecule has 0 aromatic carbocycles. The van der Waals surface area contributed by atoms with Crippen molar-refractivity contribution in [2.45, 2.75) is 12.5 Å². The average molecular weight is 159 g/mol. The zero-order chi connectivity index (χ0) is 6.97. The monoisotopic (exact) mass is 159 g/mol. The molecule has 0 bridgehead atoms. The van der Waals surface area contributed by atoms with E-state index in [2.05, 4.69) is 4.90 Å². The van der Waals surface area contributed by atoms with Crippen LogP contribution in [-0.2, 0) is 0 Å². The molecule has 2 rings (SSSR count). The van der Waals surface area contributed by atoms with Crippen molar-refractivity contribution in [2.24, 2.45) is 5.92 Å². The van der Waals surface area contributed by atoms with E-state index in [-0.39, 0.29) is 0 Å². The molecule has 2 fully saturated rings. The number of fused-ring (bicyclic) bond motifs is 1. The first kappa shape index (κ1) is 6.95. The van der Waals surface area contributed by atoms with Crippen LogP contribution in [0.25, 0.3) is 0 Å². The van der Waals surface area contributed by atoms with Gasteiger partial charge in [0, 0.05) is 30.8 Å². The first-order chi connectivity index (χ1) is 4.90. The van der Waals surface area contributed by atoms with Gasteiger partial charge in [0.1, 0.15) is 0 Å². The molecule has 0 amide bonds. The van der Waals surface area contributed by atoms with Crippen LogP contribution in [0.3, 0.4) is 0 Å². The lowest BCUT2D eigenvalue weighted by atomic mass is 10.1. The molecule has 58 valence electrons. The Kier molecular flexibility index (Phi) is 1.89. The van der Waals surface area contributed by atoms with Crippen LogP contribution in [0.1, 0.15) is 6.42 Å². The van der Waals surface area contributed by atoms with Crippen molar-refractivity contribution < 1.29 is 5.11 Å². The lowest BCUT2D eigenvalue weighted by molar-refractivity contribution is 0.227. The molecule has 2 heterocycles. The largest absolute Gasteiger partial charge is 0.396 e. The Bertz CT molecular complexity index is 119. The molecule has 2 saturated heterocycles. The van der Waals surface area contributed by atoms with Crippen molar-refractivity contribution >= 4 is 11.8 Å². The van der Waals surface area contributed by atoms with Gasteiger partial charge in [-0.05, 0) is 12.3 Å². The van der Waals surface area contributed by atoms with Crippen molar-refractivity contribution in [3.05, 3.63) is 0 Å². The Morgan fingerprint density at radius 2 is 2.50 bits per heavy atom. The summed E-state index contributed by atoms with van der Waals surface area (Å²) in [6.07, 6.45) is 1.23. The summed E-state index contributed by atoms with van der Waals surface area (Å²) in [6, 6.07) is 0.794. The summed E-state index contributed by atoms with van der Waals surface area (Å²) < 4.78 is 0. The van der Waals surface area contributed by atoms with E-state index in [1.165, 1.54) is 18.1 Å². The van der Waals surface area contributed by atoms with E-state index in [1.807, 2.05) is 11.8 Å². The predicted molar refractivity (Wildman–Crippen MR) is 43.0 cm³/mol.